The lowest BCUT2D eigenvalue weighted by Crippen LogP contribution is -2.10. The zero-order valence-corrected chi connectivity index (χ0v) is 16.4. The smallest absolute Gasteiger partial charge is 0.194 e. The van der Waals surface area contributed by atoms with E-state index >= 15 is 0 Å². The molecule has 4 nitrogen and oxygen atoms in total. The number of nitriles is 1. The van der Waals surface area contributed by atoms with Crippen molar-refractivity contribution in [3.8, 4) is 28.6 Å². The fraction of sp³-hybridized carbons (Fsp3) is 0.227. The van der Waals surface area contributed by atoms with Crippen LogP contribution in [0.3, 0.4) is 0 Å². The molecule has 0 aliphatic rings. The predicted molar refractivity (Wildman–Crippen MR) is 110 cm³/mol. The van der Waals surface area contributed by atoms with Crippen molar-refractivity contribution in [1.29, 1.82) is 5.26 Å². The highest BCUT2D eigenvalue weighted by Crippen LogP contribution is 2.34. The van der Waals surface area contributed by atoms with Gasteiger partial charge in [-0.05, 0) is 23.1 Å². The van der Waals surface area contributed by atoms with Crippen LogP contribution in [0.4, 0.5) is 0 Å². The van der Waals surface area contributed by atoms with Crippen LogP contribution in [0.5, 0.6) is 0 Å². The minimum atomic E-state index is 0.107. The van der Waals surface area contributed by atoms with Gasteiger partial charge in [-0.3, -0.25) is 9.38 Å². The summed E-state index contributed by atoms with van der Waals surface area (Å²) in [6.07, 6.45) is 3.91. The largest absolute Gasteiger partial charge is 0.285 e. The maximum absolute atomic E-state index is 9.42. The Labute approximate surface area is 162 Å². The Morgan fingerprint density at radius 3 is 2.52 bits per heavy atom. The van der Waals surface area contributed by atoms with Gasteiger partial charge in [-0.2, -0.15) is 5.26 Å². The Balaban J connectivity index is 1.88. The molecule has 0 N–H and O–H groups in total. The maximum atomic E-state index is 9.42. The zero-order valence-electron chi connectivity index (χ0n) is 15.6. The number of imidazole rings is 1. The van der Waals surface area contributed by atoms with Crippen molar-refractivity contribution in [1.82, 2.24) is 14.4 Å². The third-order valence-electron chi connectivity index (χ3n) is 4.69. The van der Waals surface area contributed by atoms with Crippen molar-refractivity contribution in [2.45, 2.75) is 32.6 Å². The first-order chi connectivity index (χ1) is 13.0. The fourth-order valence-corrected chi connectivity index (χ4v) is 4.15. The molecule has 0 spiro atoms. The van der Waals surface area contributed by atoms with Gasteiger partial charge >= 0.3 is 0 Å². The lowest BCUT2D eigenvalue weighted by atomic mass is 9.86. The average molecular weight is 372 g/mol. The van der Waals surface area contributed by atoms with Crippen LogP contribution in [0, 0.1) is 11.3 Å². The van der Waals surface area contributed by atoms with Crippen molar-refractivity contribution in [3.05, 3.63) is 65.4 Å². The number of hydrogen-bond acceptors (Lipinski definition) is 4. The highest BCUT2D eigenvalue weighted by Gasteiger charge is 2.20. The second-order valence-electron chi connectivity index (χ2n) is 7.55. The van der Waals surface area contributed by atoms with Gasteiger partial charge in [-0.25, -0.2) is 4.98 Å². The van der Waals surface area contributed by atoms with Gasteiger partial charge < -0.3 is 0 Å². The van der Waals surface area contributed by atoms with E-state index in [1.54, 1.807) is 17.5 Å². The van der Waals surface area contributed by atoms with Crippen LogP contribution < -0.4 is 0 Å². The number of pyridine rings is 1. The molecule has 27 heavy (non-hydrogen) atoms. The molecule has 0 saturated heterocycles. The molecule has 4 rings (SSSR count). The fourth-order valence-electron chi connectivity index (χ4n) is 3.23. The van der Waals surface area contributed by atoms with E-state index in [9.17, 15) is 5.26 Å². The van der Waals surface area contributed by atoms with Gasteiger partial charge in [0.15, 0.2) is 4.96 Å². The Bertz CT molecular complexity index is 1120. The van der Waals surface area contributed by atoms with Crippen molar-refractivity contribution in [2.24, 2.45) is 0 Å². The molecular weight excluding hydrogens is 352 g/mol. The number of benzene rings is 1. The molecule has 0 radical (unpaired) electrons. The molecule has 1 aromatic carbocycles. The van der Waals surface area contributed by atoms with Crippen LogP contribution in [0.2, 0.25) is 0 Å². The van der Waals surface area contributed by atoms with Crippen LogP contribution in [-0.2, 0) is 11.8 Å². The van der Waals surface area contributed by atoms with Gasteiger partial charge in [0.05, 0.1) is 29.6 Å². The quantitative estimate of drug-likeness (QED) is 0.478. The Morgan fingerprint density at radius 2 is 1.89 bits per heavy atom. The van der Waals surface area contributed by atoms with E-state index in [0.29, 0.717) is 6.42 Å². The maximum Gasteiger partial charge on any atom is 0.194 e. The van der Waals surface area contributed by atoms with Crippen molar-refractivity contribution < 1.29 is 0 Å². The lowest BCUT2D eigenvalue weighted by molar-refractivity contribution is 0.590. The summed E-state index contributed by atoms with van der Waals surface area (Å²) in [7, 11) is 0. The van der Waals surface area contributed by atoms with Crippen molar-refractivity contribution >= 4 is 16.3 Å². The third-order valence-corrected chi connectivity index (χ3v) is 5.51. The normalized spacial score (nSPS) is 11.6. The van der Waals surface area contributed by atoms with Crippen LogP contribution in [0.1, 0.15) is 32.0 Å². The molecule has 134 valence electrons. The van der Waals surface area contributed by atoms with Gasteiger partial charge in [-0.15, -0.1) is 11.3 Å². The Morgan fingerprint density at radius 1 is 1.11 bits per heavy atom. The standard InChI is InChI=1S/C22H20N4S/c1-22(2,3)17-8-6-15(7-9-17)20-18(10-11-23)26-19(14-27-21(26)25-20)16-5-4-12-24-13-16/h4-9,12-14H,10H2,1-3H3. The van der Waals surface area contributed by atoms with Crippen molar-refractivity contribution in [3.63, 3.8) is 0 Å². The molecule has 5 heteroatoms. The Kier molecular flexibility index (Phi) is 4.29. The van der Waals surface area contributed by atoms with Gasteiger partial charge in [0.1, 0.15) is 0 Å². The van der Waals surface area contributed by atoms with Crippen LogP contribution in [0.25, 0.3) is 27.5 Å². The highest BCUT2D eigenvalue weighted by atomic mass is 32.1. The molecule has 0 unspecified atom stereocenters. The lowest BCUT2D eigenvalue weighted by Gasteiger charge is -2.19. The van der Waals surface area contributed by atoms with Crippen LogP contribution in [-0.4, -0.2) is 14.4 Å². The van der Waals surface area contributed by atoms with Gasteiger partial charge in [0.25, 0.3) is 0 Å². The molecule has 0 aliphatic carbocycles. The number of rotatable bonds is 3. The van der Waals surface area contributed by atoms with E-state index in [1.807, 2.05) is 18.3 Å². The number of nitrogens with zero attached hydrogens (tertiary/aromatic N) is 4. The van der Waals surface area contributed by atoms with Gasteiger partial charge in [-0.1, -0.05) is 45.0 Å². The number of hydrogen-bond donors (Lipinski definition) is 0. The summed E-state index contributed by atoms with van der Waals surface area (Å²) < 4.78 is 2.10. The van der Waals surface area contributed by atoms with Gasteiger partial charge in [0, 0.05) is 28.9 Å². The van der Waals surface area contributed by atoms with Crippen LogP contribution >= 0.6 is 11.3 Å². The first kappa shape index (κ1) is 17.4. The predicted octanol–water partition coefficient (Wildman–Crippen LogP) is 5.49. The number of thiazole rings is 1. The van der Waals surface area contributed by atoms with E-state index < -0.39 is 0 Å². The summed E-state index contributed by atoms with van der Waals surface area (Å²) >= 11 is 1.59. The average Bonchev–Trinajstić information content (AvgIpc) is 3.22. The van der Waals surface area contributed by atoms with E-state index in [-0.39, 0.29) is 5.41 Å². The molecule has 4 aromatic rings. The molecule has 0 bridgehead atoms. The zero-order chi connectivity index (χ0) is 19.0. The molecule has 0 amide bonds. The molecule has 0 atom stereocenters. The second kappa shape index (κ2) is 6.64. The Hall–Kier alpha value is -2.97. The minimum absolute atomic E-state index is 0.107. The first-order valence-electron chi connectivity index (χ1n) is 8.86. The highest BCUT2D eigenvalue weighted by molar-refractivity contribution is 7.15. The van der Waals surface area contributed by atoms with Crippen LogP contribution in [0.15, 0.2) is 54.2 Å². The minimum Gasteiger partial charge on any atom is -0.285 e. The summed E-state index contributed by atoms with van der Waals surface area (Å²) in [4.78, 5) is 9.97. The van der Waals surface area contributed by atoms with Crippen molar-refractivity contribution in [2.75, 3.05) is 0 Å². The molecule has 3 aromatic heterocycles. The van der Waals surface area contributed by atoms with E-state index in [1.165, 1.54) is 5.56 Å². The molecule has 0 fully saturated rings. The van der Waals surface area contributed by atoms with Gasteiger partial charge in [0.2, 0.25) is 0 Å². The first-order valence-corrected chi connectivity index (χ1v) is 9.74. The summed E-state index contributed by atoms with van der Waals surface area (Å²) in [5, 5.41) is 11.5. The topological polar surface area (TPSA) is 54.0 Å². The summed E-state index contributed by atoms with van der Waals surface area (Å²) in [6.45, 7) is 6.61. The summed E-state index contributed by atoms with van der Waals surface area (Å²) in [5.41, 5.74) is 6.29. The molecular formula is C22H20N4S. The summed E-state index contributed by atoms with van der Waals surface area (Å²) in [5.74, 6) is 0. The summed E-state index contributed by atoms with van der Waals surface area (Å²) in [6, 6.07) is 14.8. The van der Waals surface area contributed by atoms with E-state index in [2.05, 4.69) is 65.9 Å². The monoisotopic (exact) mass is 372 g/mol. The molecule has 3 heterocycles. The van der Waals surface area contributed by atoms with E-state index in [4.69, 9.17) is 4.98 Å². The second-order valence-corrected chi connectivity index (χ2v) is 8.39. The number of aromatic nitrogens is 3. The molecule has 0 aliphatic heterocycles. The number of fused-ring (bicyclic) bond motifs is 1. The SMILES string of the molecule is CC(C)(C)c1ccc(-c2nc3scc(-c4cccnc4)n3c2CC#N)cc1. The van der Waals surface area contributed by atoms with E-state index in [0.717, 1.165) is 33.2 Å². The third kappa shape index (κ3) is 3.13. The molecule has 0 saturated carbocycles.